The number of rotatable bonds is 4. The molecule has 0 amide bonds. The van der Waals surface area contributed by atoms with Crippen molar-refractivity contribution in [2.45, 2.75) is 45.8 Å². The van der Waals surface area contributed by atoms with Gasteiger partial charge in [0.1, 0.15) is 5.75 Å². The molecule has 0 radical (unpaired) electrons. The fourth-order valence-electron chi connectivity index (χ4n) is 2.23. The summed E-state index contributed by atoms with van der Waals surface area (Å²) in [7, 11) is 0.989. The summed E-state index contributed by atoms with van der Waals surface area (Å²) in [5.74, 6) is 0.245. The predicted molar refractivity (Wildman–Crippen MR) is 84.7 cm³/mol. The van der Waals surface area contributed by atoms with E-state index in [1.54, 1.807) is 32.2 Å². The van der Waals surface area contributed by atoms with Crippen LogP contribution in [0.5, 0.6) is 5.75 Å². The third-order valence-corrected chi connectivity index (χ3v) is 4.25. The first kappa shape index (κ1) is 16.8. The summed E-state index contributed by atoms with van der Waals surface area (Å²) in [6.45, 7) is 10.0. The van der Waals surface area contributed by atoms with Gasteiger partial charge in [-0.3, -0.25) is 0 Å². The Kier molecular flexibility index (Phi) is 4.54. The molecule has 1 aliphatic rings. The summed E-state index contributed by atoms with van der Waals surface area (Å²) in [4.78, 5) is 11.9. The van der Waals surface area contributed by atoms with Gasteiger partial charge < -0.3 is 18.8 Å². The lowest BCUT2D eigenvalue weighted by atomic mass is 9.77. The SMILES string of the molecule is CCOC(=O)c1ccc(OC)c(B2OC(C)(C)C(C)(C)O2)c1. The monoisotopic (exact) mass is 306 g/mol. The minimum absolute atomic E-state index is 0.330. The molecule has 1 aromatic rings. The van der Waals surface area contributed by atoms with E-state index in [4.69, 9.17) is 18.8 Å². The molecule has 0 unspecified atom stereocenters. The first-order valence-corrected chi connectivity index (χ1v) is 7.42. The summed E-state index contributed by atoms with van der Waals surface area (Å²) >= 11 is 0. The van der Waals surface area contributed by atoms with Crippen molar-refractivity contribution < 1.29 is 23.6 Å². The number of hydrogen-bond acceptors (Lipinski definition) is 5. The Bertz CT molecular complexity index is 552. The van der Waals surface area contributed by atoms with Crippen molar-refractivity contribution in [1.82, 2.24) is 0 Å². The van der Waals surface area contributed by atoms with Crippen molar-refractivity contribution in [3.63, 3.8) is 0 Å². The van der Waals surface area contributed by atoms with Gasteiger partial charge in [-0.25, -0.2) is 4.79 Å². The van der Waals surface area contributed by atoms with Crippen molar-refractivity contribution >= 4 is 18.6 Å². The lowest BCUT2D eigenvalue weighted by Gasteiger charge is -2.32. The minimum atomic E-state index is -0.589. The van der Waals surface area contributed by atoms with Crippen LogP contribution in [0.25, 0.3) is 0 Å². The molecular weight excluding hydrogens is 283 g/mol. The maximum Gasteiger partial charge on any atom is 0.498 e. The van der Waals surface area contributed by atoms with E-state index in [-0.39, 0.29) is 5.97 Å². The zero-order valence-electron chi connectivity index (χ0n) is 14.1. The highest BCUT2D eigenvalue weighted by Gasteiger charge is 2.52. The van der Waals surface area contributed by atoms with Gasteiger partial charge in [0.15, 0.2) is 0 Å². The highest BCUT2D eigenvalue weighted by molar-refractivity contribution is 6.63. The second-order valence-corrected chi connectivity index (χ2v) is 6.27. The van der Waals surface area contributed by atoms with Gasteiger partial charge in [-0.2, -0.15) is 0 Å². The molecule has 6 heteroatoms. The van der Waals surface area contributed by atoms with Crippen LogP contribution in [0, 0.1) is 0 Å². The molecule has 5 nitrogen and oxygen atoms in total. The van der Waals surface area contributed by atoms with E-state index in [2.05, 4.69) is 0 Å². The zero-order valence-corrected chi connectivity index (χ0v) is 14.1. The average molecular weight is 306 g/mol. The van der Waals surface area contributed by atoms with Crippen molar-refractivity contribution in [3.05, 3.63) is 23.8 Å². The Balaban J connectivity index is 2.37. The molecule has 0 atom stereocenters. The lowest BCUT2D eigenvalue weighted by molar-refractivity contribution is 0.00578. The van der Waals surface area contributed by atoms with Gasteiger partial charge >= 0.3 is 13.1 Å². The third kappa shape index (κ3) is 2.98. The molecule has 1 aromatic carbocycles. The Morgan fingerprint density at radius 3 is 2.27 bits per heavy atom. The van der Waals surface area contributed by atoms with Crippen LogP contribution in [-0.2, 0) is 14.0 Å². The lowest BCUT2D eigenvalue weighted by Crippen LogP contribution is -2.41. The summed E-state index contributed by atoms with van der Waals surface area (Å²) in [5, 5.41) is 0. The number of methoxy groups -OCH3 is 1. The highest BCUT2D eigenvalue weighted by Crippen LogP contribution is 2.37. The first-order valence-electron chi connectivity index (χ1n) is 7.42. The van der Waals surface area contributed by atoms with E-state index in [0.717, 1.165) is 0 Å². The highest BCUT2D eigenvalue weighted by atomic mass is 16.7. The largest absolute Gasteiger partial charge is 0.498 e. The van der Waals surface area contributed by atoms with Gasteiger partial charge in [-0.1, -0.05) is 0 Å². The van der Waals surface area contributed by atoms with Crippen molar-refractivity contribution in [2.75, 3.05) is 13.7 Å². The van der Waals surface area contributed by atoms with Gasteiger partial charge in [0.2, 0.25) is 0 Å². The normalized spacial score (nSPS) is 19.1. The predicted octanol–water partition coefficient (Wildman–Crippen LogP) is 2.17. The summed E-state index contributed by atoms with van der Waals surface area (Å²) < 4.78 is 22.5. The maximum atomic E-state index is 11.9. The Hall–Kier alpha value is -1.53. The van der Waals surface area contributed by atoms with E-state index in [0.29, 0.717) is 23.4 Å². The minimum Gasteiger partial charge on any atom is -0.497 e. The average Bonchev–Trinajstić information content (AvgIpc) is 2.67. The van der Waals surface area contributed by atoms with Gasteiger partial charge in [0.05, 0.1) is 30.5 Å². The molecule has 0 aromatic heterocycles. The van der Waals surface area contributed by atoms with Crippen LogP contribution < -0.4 is 10.2 Å². The van der Waals surface area contributed by atoms with Gasteiger partial charge in [-0.05, 0) is 52.8 Å². The zero-order chi connectivity index (χ0) is 16.5. The summed E-state index contributed by atoms with van der Waals surface area (Å²) in [5.41, 5.74) is 0.227. The molecule has 120 valence electrons. The number of carbonyl (C=O) groups excluding carboxylic acids is 1. The molecule has 0 bridgehead atoms. The first-order chi connectivity index (χ1) is 10.2. The Morgan fingerprint density at radius 2 is 1.77 bits per heavy atom. The topological polar surface area (TPSA) is 54.0 Å². The summed E-state index contributed by atoms with van der Waals surface area (Å²) in [6.07, 6.45) is 0. The molecule has 0 saturated carbocycles. The fraction of sp³-hybridized carbons (Fsp3) is 0.562. The number of hydrogen-bond donors (Lipinski definition) is 0. The summed E-state index contributed by atoms with van der Waals surface area (Å²) in [6, 6.07) is 5.11. The van der Waals surface area contributed by atoms with Gasteiger partial charge in [-0.15, -0.1) is 0 Å². The molecular formula is C16H23BO5. The smallest absolute Gasteiger partial charge is 0.497 e. The molecule has 1 fully saturated rings. The van der Waals surface area contributed by atoms with E-state index in [1.807, 2.05) is 27.7 Å². The van der Waals surface area contributed by atoms with Crippen LogP contribution in [0.1, 0.15) is 45.0 Å². The molecule has 2 rings (SSSR count). The van der Waals surface area contributed by atoms with Gasteiger partial charge in [0, 0.05) is 5.46 Å². The Morgan fingerprint density at radius 1 is 1.18 bits per heavy atom. The van der Waals surface area contributed by atoms with Crippen LogP contribution in [-0.4, -0.2) is 38.0 Å². The quantitative estimate of drug-likeness (QED) is 0.630. The van der Waals surface area contributed by atoms with Crippen LogP contribution in [0.3, 0.4) is 0 Å². The number of esters is 1. The number of ether oxygens (including phenoxy) is 2. The molecule has 1 aliphatic heterocycles. The van der Waals surface area contributed by atoms with E-state index in [1.165, 1.54) is 0 Å². The molecule has 0 N–H and O–H groups in total. The van der Waals surface area contributed by atoms with E-state index < -0.39 is 18.3 Å². The fourth-order valence-corrected chi connectivity index (χ4v) is 2.23. The molecule has 1 heterocycles. The van der Waals surface area contributed by atoms with Crippen molar-refractivity contribution in [2.24, 2.45) is 0 Å². The second kappa shape index (κ2) is 5.93. The third-order valence-electron chi connectivity index (χ3n) is 4.25. The van der Waals surface area contributed by atoms with Crippen LogP contribution in [0.15, 0.2) is 18.2 Å². The second-order valence-electron chi connectivity index (χ2n) is 6.27. The van der Waals surface area contributed by atoms with Crippen LogP contribution in [0.2, 0.25) is 0 Å². The van der Waals surface area contributed by atoms with E-state index >= 15 is 0 Å². The Labute approximate surface area is 132 Å². The van der Waals surface area contributed by atoms with Crippen molar-refractivity contribution in [1.29, 1.82) is 0 Å². The maximum absolute atomic E-state index is 11.9. The standard InChI is InChI=1S/C16H23BO5/c1-7-20-14(18)11-8-9-13(19-6)12(10-11)17-21-15(2,3)16(4,5)22-17/h8-10H,7H2,1-6H3. The molecule has 22 heavy (non-hydrogen) atoms. The number of benzene rings is 1. The molecule has 0 spiro atoms. The van der Waals surface area contributed by atoms with Crippen LogP contribution in [0.4, 0.5) is 0 Å². The molecule has 0 aliphatic carbocycles. The van der Waals surface area contributed by atoms with Gasteiger partial charge in [0.25, 0.3) is 0 Å². The van der Waals surface area contributed by atoms with E-state index in [9.17, 15) is 4.79 Å². The molecule has 1 saturated heterocycles. The van der Waals surface area contributed by atoms with Crippen molar-refractivity contribution in [3.8, 4) is 5.75 Å². The van der Waals surface area contributed by atoms with Crippen LogP contribution >= 0.6 is 0 Å². The number of carbonyl (C=O) groups is 1.